The molecule has 3 rings (SSSR count). The number of carboxylic acids is 1. The summed E-state index contributed by atoms with van der Waals surface area (Å²) in [5, 5.41) is 11.5. The molecule has 6 heteroatoms. The highest BCUT2D eigenvalue weighted by Gasteiger charge is 2.22. The SMILES string of the molecule is CO/C(=C\C(=O)O)c1ccccc1C(Oc1nccs1)c1ccccc1. The number of hydrogen-bond donors (Lipinski definition) is 1. The number of benzene rings is 2. The highest BCUT2D eigenvalue weighted by molar-refractivity contribution is 7.11. The van der Waals surface area contributed by atoms with Crippen LogP contribution in [-0.4, -0.2) is 23.2 Å². The van der Waals surface area contributed by atoms with Gasteiger partial charge in [0.25, 0.3) is 5.19 Å². The molecule has 1 N–H and O–H groups in total. The number of carbonyl (C=O) groups is 1. The summed E-state index contributed by atoms with van der Waals surface area (Å²) in [6, 6.07) is 17.1. The lowest BCUT2D eigenvalue weighted by Gasteiger charge is -2.21. The molecular weight excluding hydrogens is 350 g/mol. The summed E-state index contributed by atoms with van der Waals surface area (Å²) in [6.07, 6.45) is 2.27. The van der Waals surface area contributed by atoms with E-state index in [1.807, 2.05) is 60.0 Å². The van der Waals surface area contributed by atoms with Crippen LogP contribution in [0.2, 0.25) is 0 Å². The van der Waals surface area contributed by atoms with Crippen molar-refractivity contribution in [1.29, 1.82) is 0 Å². The maximum Gasteiger partial charge on any atom is 0.332 e. The highest BCUT2D eigenvalue weighted by atomic mass is 32.1. The molecule has 26 heavy (non-hydrogen) atoms. The molecule has 0 aliphatic carbocycles. The first kappa shape index (κ1) is 17.7. The summed E-state index contributed by atoms with van der Waals surface area (Å²) < 4.78 is 11.5. The quantitative estimate of drug-likeness (QED) is 0.496. The van der Waals surface area contributed by atoms with Crippen molar-refractivity contribution < 1.29 is 19.4 Å². The van der Waals surface area contributed by atoms with Crippen LogP contribution in [0, 0.1) is 0 Å². The van der Waals surface area contributed by atoms with Crippen molar-refractivity contribution >= 4 is 23.1 Å². The molecule has 3 aromatic rings. The molecule has 1 unspecified atom stereocenters. The summed E-state index contributed by atoms with van der Waals surface area (Å²) in [6.45, 7) is 0. The zero-order valence-corrected chi connectivity index (χ0v) is 14.8. The van der Waals surface area contributed by atoms with Crippen LogP contribution in [0.5, 0.6) is 5.19 Å². The lowest BCUT2D eigenvalue weighted by atomic mass is 9.95. The fourth-order valence-electron chi connectivity index (χ4n) is 2.62. The van der Waals surface area contributed by atoms with E-state index in [0.29, 0.717) is 10.8 Å². The summed E-state index contributed by atoms with van der Waals surface area (Å²) in [4.78, 5) is 15.4. The Balaban J connectivity index is 2.11. The van der Waals surface area contributed by atoms with Gasteiger partial charge in [-0.25, -0.2) is 9.78 Å². The van der Waals surface area contributed by atoms with Crippen LogP contribution >= 0.6 is 11.3 Å². The van der Waals surface area contributed by atoms with Gasteiger partial charge in [-0.2, -0.15) is 0 Å². The van der Waals surface area contributed by atoms with Gasteiger partial charge < -0.3 is 14.6 Å². The first-order valence-corrected chi connectivity index (χ1v) is 8.76. The predicted molar refractivity (Wildman–Crippen MR) is 100 cm³/mol. The minimum atomic E-state index is -1.08. The van der Waals surface area contributed by atoms with Crippen LogP contribution in [0.4, 0.5) is 0 Å². The molecule has 0 aliphatic rings. The summed E-state index contributed by atoms with van der Waals surface area (Å²) in [7, 11) is 1.45. The Bertz CT molecular complexity index is 891. The van der Waals surface area contributed by atoms with E-state index < -0.39 is 12.1 Å². The third-order valence-corrected chi connectivity index (χ3v) is 4.37. The van der Waals surface area contributed by atoms with Gasteiger partial charge in [0.05, 0.1) is 13.2 Å². The maximum atomic E-state index is 11.2. The average Bonchev–Trinajstić information content (AvgIpc) is 3.18. The molecule has 0 spiro atoms. The van der Waals surface area contributed by atoms with Gasteiger partial charge in [0.2, 0.25) is 0 Å². The third-order valence-electron chi connectivity index (χ3n) is 3.71. The summed E-state index contributed by atoms with van der Waals surface area (Å²) in [5.41, 5.74) is 2.38. The Morgan fingerprint density at radius 3 is 2.54 bits per heavy atom. The van der Waals surface area contributed by atoms with E-state index in [-0.39, 0.29) is 5.76 Å². The van der Waals surface area contributed by atoms with Gasteiger partial charge in [0.1, 0.15) is 5.76 Å². The lowest BCUT2D eigenvalue weighted by Crippen LogP contribution is -2.12. The van der Waals surface area contributed by atoms with E-state index in [1.165, 1.54) is 18.4 Å². The second kappa shape index (κ2) is 8.31. The zero-order chi connectivity index (χ0) is 18.4. The van der Waals surface area contributed by atoms with E-state index in [0.717, 1.165) is 17.2 Å². The Morgan fingerprint density at radius 1 is 1.15 bits per heavy atom. The molecule has 0 radical (unpaired) electrons. The Kier molecular flexibility index (Phi) is 5.66. The van der Waals surface area contributed by atoms with Crippen molar-refractivity contribution in [2.45, 2.75) is 6.10 Å². The number of thiazole rings is 1. The van der Waals surface area contributed by atoms with Gasteiger partial charge in [-0.15, -0.1) is 0 Å². The standard InChI is InChI=1S/C20H17NO4S/c1-24-17(13-18(22)23)15-9-5-6-10-16(15)19(14-7-3-2-4-8-14)25-20-21-11-12-26-20/h2-13,19H,1H3,(H,22,23)/b17-13-. The second-order valence-electron chi connectivity index (χ2n) is 5.34. The molecule has 1 aromatic heterocycles. The average molecular weight is 367 g/mol. The highest BCUT2D eigenvalue weighted by Crippen LogP contribution is 2.34. The molecular formula is C20H17NO4S. The molecule has 1 atom stereocenters. The van der Waals surface area contributed by atoms with Crippen LogP contribution in [0.25, 0.3) is 5.76 Å². The number of aliphatic carboxylic acids is 1. The maximum absolute atomic E-state index is 11.2. The van der Waals surface area contributed by atoms with Crippen molar-refractivity contribution in [1.82, 2.24) is 4.98 Å². The Hall–Kier alpha value is -3.12. The number of hydrogen-bond acceptors (Lipinski definition) is 5. The number of ether oxygens (including phenoxy) is 2. The zero-order valence-electron chi connectivity index (χ0n) is 14.0. The fourth-order valence-corrected chi connectivity index (χ4v) is 3.13. The number of aromatic nitrogens is 1. The predicted octanol–water partition coefficient (Wildman–Crippen LogP) is 4.38. The van der Waals surface area contributed by atoms with Crippen molar-refractivity contribution in [2.24, 2.45) is 0 Å². The van der Waals surface area contributed by atoms with Gasteiger partial charge in [0, 0.05) is 22.7 Å². The number of methoxy groups -OCH3 is 1. The second-order valence-corrected chi connectivity index (χ2v) is 6.20. The van der Waals surface area contributed by atoms with E-state index in [1.54, 1.807) is 6.20 Å². The normalized spacial score (nSPS) is 12.4. The minimum Gasteiger partial charge on any atom is -0.496 e. The molecule has 0 bridgehead atoms. The molecule has 0 saturated carbocycles. The van der Waals surface area contributed by atoms with E-state index >= 15 is 0 Å². The fraction of sp³-hybridized carbons (Fsp3) is 0.100. The first-order chi connectivity index (χ1) is 12.7. The van der Waals surface area contributed by atoms with Crippen molar-refractivity contribution in [2.75, 3.05) is 7.11 Å². The Morgan fingerprint density at radius 2 is 1.88 bits per heavy atom. The monoisotopic (exact) mass is 367 g/mol. The smallest absolute Gasteiger partial charge is 0.332 e. The van der Waals surface area contributed by atoms with Crippen LogP contribution in [0.15, 0.2) is 72.3 Å². The first-order valence-electron chi connectivity index (χ1n) is 7.88. The molecule has 0 amide bonds. The molecule has 0 fully saturated rings. The number of nitrogens with zero attached hydrogens (tertiary/aromatic N) is 1. The molecule has 5 nitrogen and oxygen atoms in total. The summed E-state index contributed by atoms with van der Waals surface area (Å²) in [5.74, 6) is -0.814. The van der Waals surface area contributed by atoms with E-state index in [9.17, 15) is 4.79 Å². The van der Waals surface area contributed by atoms with Crippen molar-refractivity contribution in [3.63, 3.8) is 0 Å². The topological polar surface area (TPSA) is 68.7 Å². The van der Waals surface area contributed by atoms with Crippen LogP contribution < -0.4 is 4.74 Å². The third kappa shape index (κ3) is 4.10. The van der Waals surface area contributed by atoms with Gasteiger partial charge in [0.15, 0.2) is 6.10 Å². The van der Waals surface area contributed by atoms with Gasteiger partial charge in [-0.05, 0) is 5.56 Å². The van der Waals surface area contributed by atoms with Gasteiger partial charge in [-0.1, -0.05) is 65.9 Å². The van der Waals surface area contributed by atoms with Gasteiger partial charge >= 0.3 is 5.97 Å². The van der Waals surface area contributed by atoms with Crippen LogP contribution in [0.1, 0.15) is 22.8 Å². The van der Waals surface area contributed by atoms with Gasteiger partial charge in [-0.3, -0.25) is 0 Å². The van der Waals surface area contributed by atoms with E-state index in [2.05, 4.69) is 4.98 Å². The molecule has 0 saturated heterocycles. The Labute approximate surface area is 155 Å². The molecule has 132 valence electrons. The molecule has 1 heterocycles. The van der Waals surface area contributed by atoms with Crippen LogP contribution in [0.3, 0.4) is 0 Å². The lowest BCUT2D eigenvalue weighted by molar-refractivity contribution is -0.131. The number of carboxylic acid groups (broad SMARTS) is 1. The van der Waals surface area contributed by atoms with Crippen molar-refractivity contribution in [3.05, 3.63) is 88.9 Å². The molecule has 0 aliphatic heterocycles. The summed E-state index contributed by atoms with van der Waals surface area (Å²) >= 11 is 1.40. The van der Waals surface area contributed by atoms with Crippen LogP contribution in [-0.2, 0) is 9.53 Å². The van der Waals surface area contributed by atoms with Crippen molar-refractivity contribution in [3.8, 4) is 5.19 Å². The van der Waals surface area contributed by atoms with E-state index in [4.69, 9.17) is 14.6 Å². The number of rotatable bonds is 7. The molecule has 2 aromatic carbocycles. The minimum absolute atomic E-state index is 0.261. The largest absolute Gasteiger partial charge is 0.496 e.